The van der Waals surface area contributed by atoms with E-state index in [9.17, 15) is 9.90 Å². The van der Waals surface area contributed by atoms with Crippen LogP contribution < -0.4 is 10.2 Å². The first-order valence-electron chi connectivity index (χ1n) is 10.3. The van der Waals surface area contributed by atoms with Gasteiger partial charge >= 0.3 is 6.09 Å². The Morgan fingerprint density at radius 2 is 2.10 bits per heavy atom. The number of para-hydroxylation sites is 1. The molecule has 1 atom stereocenters. The van der Waals surface area contributed by atoms with Gasteiger partial charge in [-0.05, 0) is 56.0 Å². The van der Waals surface area contributed by atoms with E-state index in [0.717, 1.165) is 41.8 Å². The van der Waals surface area contributed by atoms with Gasteiger partial charge in [-0.2, -0.15) is 0 Å². The number of alkyl carbamates (subject to hydrolysis) is 1. The fraction of sp³-hybridized carbons (Fsp3) is 0.348. The second-order valence-corrected chi connectivity index (χ2v) is 7.61. The monoisotopic (exact) mass is 406 g/mol. The summed E-state index contributed by atoms with van der Waals surface area (Å²) in [5.41, 5.74) is 2.58. The number of carbonyl (C=O) groups excluding carboxylic acids is 1. The van der Waals surface area contributed by atoms with Crippen LogP contribution in [-0.4, -0.2) is 47.4 Å². The van der Waals surface area contributed by atoms with Crippen LogP contribution in [0, 0.1) is 12.8 Å². The Bertz CT molecular complexity index is 1070. The molecule has 1 aliphatic rings. The summed E-state index contributed by atoms with van der Waals surface area (Å²) < 4.78 is 4.95. The number of aromatic nitrogens is 2. The number of nitrogens with one attached hydrogen (secondary N) is 1. The van der Waals surface area contributed by atoms with Crippen molar-refractivity contribution < 1.29 is 14.6 Å². The number of fused-ring (bicyclic) bond motifs is 1. The molecule has 0 aliphatic carbocycles. The van der Waals surface area contributed by atoms with E-state index in [0.29, 0.717) is 30.5 Å². The Morgan fingerprint density at radius 3 is 2.90 bits per heavy atom. The highest BCUT2D eigenvalue weighted by Crippen LogP contribution is 2.33. The van der Waals surface area contributed by atoms with E-state index in [2.05, 4.69) is 22.3 Å². The van der Waals surface area contributed by atoms with Crippen LogP contribution in [0.1, 0.15) is 18.9 Å². The van der Waals surface area contributed by atoms with Crippen LogP contribution in [0.25, 0.3) is 22.3 Å². The van der Waals surface area contributed by atoms with Crippen LogP contribution in [0.15, 0.2) is 42.5 Å². The van der Waals surface area contributed by atoms with Crippen molar-refractivity contribution in [3.8, 4) is 17.1 Å². The summed E-state index contributed by atoms with van der Waals surface area (Å²) in [6.45, 7) is 6.39. The fourth-order valence-corrected chi connectivity index (χ4v) is 3.85. The average molecular weight is 406 g/mol. The van der Waals surface area contributed by atoms with E-state index in [1.807, 2.05) is 25.1 Å². The van der Waals surface area contributed by atoms with Crippen molar-refractivity contribution in [2.45, 2.75) is 20.3 Å². The zero-order valence-electron chi connectivity index (χ0n) is 17.3. The summed E-state index contributed by atoms with van der Waals surface area (Å²) in [5, 5.41) is 14.1. The molecule has 2 heterocycles. The van der Waals surface area contributed by atoms with Gasteiger partial charge in [0.25, 0.3) is 0 Å². The number of hydrogen-bond donors (Lipinski definition) is 2. The lowest BCUT2D eigenvalue weighted by Crippen LogP contribution is -2.31. The maximum atomic E-state index is 11.6. The lowest BCUT2D eigenvalue weighted by Gasteiger charge is -2.21. The highest BCUT2D eigenvalue weighted by Gasteiger charge is 2.26. The number of phenolic OH excluding ortho intramolecular Hbond substituents is 1. The van der Waals surface area contributed by atoms with Crippen molar-refractivity contribution in [2.24, 2.45) is 5.92 Å². The summed E-state index contributed by atoms with van der Waals surface area (Å²) in [6, 6.07) is 13.3. The minimum Gasteiger partial charge on any atom is -0.507 e. The average Bonchev–Trinajstić information content (AvgIpc) is 3.21. The minimum atomic E-state index is -0.374. The number of carbonyl (C=O) groups is 1. The van der Waals surface area contributed by atoms with Gasteiger partial charge in [-0.3, -0.25) is 0 Å². The number of amides is 1. The molecule has 1 fully saturated rings. The molecule has 2 aromatic carbocycles. The number of aromatic hydroxyl groups is 1. The highest BCUT2D eigenvalue weighted by atomic mass is 16.5. The molecule has 156 valence electrons. The van der Waals surface area contributed by atoms with E-state index < -0.39 is 0 Å². The van der Waals surface area contributed by atoms with E-state index >= 15 is 0 Å². The Balaban J connectivity index is 1.65. The van der Waals surface area contributed by atoms with E-state index in [1.54, 1.807) is 19.1 Å². The zero-order chi connectivity index (χ0) is 21.1. The third-order valence-electron chi connectivity index (χ3n) is 5.37. The number of rotatable bonds is 5. The van der Waals surface area contributed by atoms with Gasteiger partial charge in [0.1, 0.15) is 11.6 Å². The van der Waals surface area contributed by atoms with Gasteiger partial charge in [0.05, 0.1) is 17.7 Å². The summed E-state index contributed by atoms with van der Waals surface area (Å²) in [5.74, 6) is 1.85. The second kappa shape index (κ2) is 8.57. The largest absolute Gasteiger partial charge is 0.507 e. The third-order valence-corrected chi connectivity index (χ3v) is 5.37. The van der Waals surface area contributed by atoms with Gasteiger partial charge in [0, 0.05) is 25.0 Å². The Hall–Kier alpha value is -3.35. The van der Waals surface area contributed by atoms with Gasteiger partial charge in [-0.15, -0.1) is 0 Å². The minimum absolute atomic E-state index is 0.161. The summed E-state index contributed by atoms with van der Waals surface area (Å²) >= 11 is 0. The SMILES string of the molecule is CCOC(=O)NC[C@@H]1CCN(c2nc(-c3ccccc3O)nc3cc(C)ccc23)C1. The van der Waals surface area contributed by atoms with Crippen molar-refractivity contribution >= 4 is 22.8 Å². The van der Waals surface area contributed by atoms with Crippen molar-refractivity contribution in [3.63, 3.8) is 0 Å². The fourth-order valence-electron chi connectivity index (χ4n) is 3.85. The third kappa shape index (κ3) is 4.15. The number of ether oxygens (including phenoxy) is 1. The predicted octanol–water partition coefficient (Wildman–Crippen LogP) is 3.88. The van der Waals surface area contributed by atoms with Gasteiger partial charge < -0.3 is 20.1 Å². The molecule has 0 bridgehead atoms. The van der Waals surface area contributed by atoms with Crippen LogP contribution in [-0.2, 0) is 4.74 Å². The molecule has 0 unspecified atom stereocenters. The molecule has 1 amide bonds. The lowest BCUT2D eigenvalue weighted by molar-refractivity contribution is 0.151. The standard InChI is InChI=1S/C23H26N4O3/c1-3-30-23(29)24-13-16-10-11-27(14-16)22-17-9-8-15(2)12-19(17)25-21(26-22)18-6-4-5-7-20(18)28/h4-9,12,16,28H,3,10-11,13-14H2,1-2H3,(H,24,29)/t16-/m0/s1. The van der Waals surface area contributed by atoms with Crippen LogP contribution in [0.3, 0.4) is 0 Å². The Morgan fingerprint density at radius 1 is 1.27 bits per heavy atom. The molecular weight excluding hydrogens is 380 g/mol. The van der Waals surface area contributed by atoms with Crippen molar-refractivity contribution in [3.05, 3.63) is 48.0 Å². The molecule has 1 saturated heterocycles. The Labute approximate surface area is 175 Å². The number of anilines is 1. The highest BCUT2D eigenvalue weighted by molar-refractivity contribution is 5.92. The van der Waals surface area contributed by atoms with Gasteiger partial charge in [-0.25, -0.2) is 14.8 Å². The van der Waals surface area contributed by atoms with E-state index in [1.165, 1.54) is 0 Å². The molecule has 3 aromatic rings. The topological polar surface area (TPSA) is 87.6 Å². The molecule has 4 rings (SSSR count). The first-order valence-corrected chi connectivity index (χ1v) is 10.3. The van der Waals surface area contributed by atoms with Crippen LogP contribution in [0.2, 0.25) is 0 Å². The van der Waals surface area contributed by atoms with Crippen molar-refractivity contribution in [1.82, 2.24) is 15.3 Å². The number of hydrogen-bond acceptors (Lipinski definition) is 6. The van der Waals surface area contributed by atoms with Crippen molar-refractivity contribution in [1.29, 1.82) is 0 Å². The maximum Gasteiger partial charge on any atom is 0.407 e. The lowest BCUT2D eigenvalue weighted by atomic mass is 10.1. The van der Waals surface area contributed by atoms with E-state index in [-0.39, 0.29) is 11.8 Å². The first kappa shape index (κ1) is 19.9. The van der Waals surface area contributed by atoms with Gasteiger partial charge in [-0.1, -0.05) is 18.2 Å². The van der Waals surface area contributed by atoms with E-state index in [4.69, 9.17) is 14.7 Å². The quantitative estimate of drug-likeness (QED) is 0.669. The van der Waals surface area contributed by atoms with Gasteiger partial charge in [0.2, 0.25) is 0 Å². The van der Waals surface area contributed by atoms with Crippen LogP contribution >= 0.6 is 0 Å². The maximum absolute atomic E-state index is 11.6. The molecule has 7 nitrogen and oxygen atoms in total. The van der Waals surface area contributed by atoms with Crippen LogP contribution in [0.4, 0.5) is 10.6 Å². The molecule has 2 N–H and O–H groups in total. The normalized spacial score (nSPS) is 16.1. The van der Waals surface area contributed by atoms with Gasteiger partial charge in [0.15, 0.2) is 5.82 Å². The number of aryl methyl sites for hydroxylation is 1. The number of phenols is 1. The molecule has 7 heteroatoms. The smallest absolute Gasteiger partial charge is 0.407 e. The molecule has 0 spiro atoms. The molecular formula is C23H26N4O3. The summed E-state index contributed by atoms with van der Waals surface area (Å²) in [6.07, 6.45) is 0.580. The second-order valence-electron chi connectivity index (χ2n) is 7.61. The number of benzene rings is 2. The zero-order valence-corrected chi connectivity index (χ0v) is 17.3. The Kier molecular flexibility index (Phi) is 5.70. The summed E-state index contributed by atoms with van der Waals surface area (Å²) in [7, 11) is 0. The molecule has 1 aromatic heterocycles. The van der Waals surface area contributed by atoms with Crippen molar-refractivity contribution in [2.75, 3.05) is 31.1 Å². The van der Waals surface area contributed by atoms with Crippen LogP contribution in [0.5, 0.6) is 5.75 Å². The number of nitrogens with zero attached hydrogens (tertiary/aromatic N) is 3. The molecule has 30 heavy (non-hydrogen) atoms. The first-order chi connectivity index (χ1) is 14.5. The molecule has 1 aliphatic heterocycles. The molecule has 0 saturated carbocycles. The summed E-state index contributed by atoms with van der Waals surface area (Å²) in [4.78, 5) is 23.4. The molecule has 0 radical (unpaired) electrons. The predicted molar refractivity (Wildman–Crippen MR) is 117 cm³/mol.